The number of thioether (sulfide) groups is 1. The zero-order valence-corrected chi connectivity index (χ0v) is 12.2. The summed E-state index contributed by atoms with van der Waals surface area (Å²) in [6, 6.07) is 0.553. The predicted molar refractivity (Wildman–Crippen MR) is 76.7 cm³/mol. The van der Waals surface area contributed by atoms with Crippen LogP contribution in [0.3, 0.4) is 0 Å². The lowest BCUT2D eigenvalue weighted by Gasteiger charge is -2.37. The molecular weight excluding hydrogens is 232 g/mol. The minimum absolute atomic E-state index is 0.432. The lowest BCUT2D eigenvalue weighted by molar-refractivity contribution is -0.00649. The van der Waals surface area contributed by atoms with Crippen LogP contribution in [0, 0.1) is 0 Å². The Morgan fingerprint density at radius 1 is 1.47 bits per heavy atom. The van der Waals surface area contributed by atoms with Gasteiger partial charge >= 0.3 is 0 Å². The van der Waals surface area contributed by atoms with Crippen molar-refractivity contribution in [2.75, 3.05) is 37.7 Å². The highest BCUT2D eigenvalue weighted by atomic mass is 32.2. The van der Waals surface area contributed by atoms with E-state index in [4.69, 9.17) is 10.5 Å². The van der Waals surface area contributed by atoms with Gasteiger partial charge < -0.3 is 10.5 Å². The van der Waals surface area contributed by atoms with Crippen molar-refractivity contribution in [3.05, 3.63) is 0 Å². The lowest BCUT2D eigenvalue weighted by atomic mass is 10.0. The van der Waals surface area contributed by atoms with Gasteiger partial charge in [0.05, 0.1) is 6.10 Å². The number of hydrogen-bond acceptors (Lipinski definition) is 4. The van der Waals surface area contributed by atoms with Crippen LogP contribution in [0.25, 0.3) is 0 Å². The van der Waals surface area contributed by atoms with E-state index in [0.717, 1.165) is 19.7 Å². The molecule has 0 aliphatic carbocycles. The van der Waals surface area contributed by atoms with Gasteiger partial charge in [0.1, 0.15) is 0 Å². The van der Waals surface area contributed by atoms with E-state index in [2.05, 4.69) is 18.7 Å². The first-order chi connectivity index (χ1) is 8.31. The zero-order valence-electron chi connectivity index (χ0n) is 11.4. The lowest BCUT2D eigenvalue weighted by Crippen LogP contribution is -2.48. The van der Waals surface area contributed by atoms with E-state index in [1.165, 1.54) is 37.3 Å². The fourth-order valence-corrected chi connectivity index (χ4v) is 3.21. The molecule has 4 heteroatoms. The number of hydrogen-bond donors (Lipinski definition) is 1. The van der Waals surface area contributed by atoms with Gasteiger partial charge in [0, 0.05) is 25.7 Å². The van der Waals surface area contributed by atoms with Gasteiger partial charge in [-0.25, -0.2) is 0 Å². The average molecular weight is 260 g/mol. The van der Waals surface area contributed by atoms with Crippen LogP contribution in [0.5, 0.6) is 0 Å². The molecule has 1 aliphatic heterocycles. The van der Waals surface area contributed by atoms with Crippen molar-refractivity contribution < 1.29 is 4.74 Å². The second kappa shape index (κ2) is 9.20. The number of ether oxygens (including phenoxy) is 1. The molecule has 2 unspecified atom stereocenters. The molecule has 17 heavy (non-hydrogen) atoms. The van der Waals surface area contributed by atoms with Crippen molar-refractivity contribution in [2.45, 2.75) is 45.3 Å². The Bertz CT molecular complexity index is 190. The Kier molecular flexibility index (Phi) is 8.27. The van der Waals surface area contributed by atoms with E-state index < -0.39 is 0 Å². The summed E-state index contributed by atoms with van der Waals surface area (Å²) in [6.45, 7) is 8.18. The molecule has 1 saturated heterocycles. The van der Waals surface area contributed by atoms with E-state index >= 15 is 0 Å². The van der Waals surface area contributed by atoms with Gasteiger partial charge in [-0.05, 0) is 44.2 Å². The van der Waals surface area contributed by atoms with Crippen molar-refractivity contribution in [3.63, 3.8) is 0 Å². The standard InChI is InChI=1S/C13H28N2OS/c1-3-16-13-6-5-8-15(11-13)12(10-14)7-9-17-4-2/h12-13H,3-11,14H2,1-2H3. The van der Waals surface area contributed by atoms with E-state index in [9.17, 15) is 0 Å². The summed E-state index contributed by atoms with van der Waals surface area (Å²) < 4.78 is 5.75. The SMILES string of the molecule is CCOC1CCCN(C(CN)CCSCC)C1. The average Bonchev–Trinajstić information content (AvgIpc) is 2.35. The summed E-state index contributed by atoms with van der Waals surface area (Å²) in [4.78, 5) is 2.54. The maximum atomic E-state index is 5.91. The molecule has 0 aromatic heterocycles. The van der Waals surface area contributed by atoms with Crippen LogP contribution in [-0.2, 0) is 4.74 Å². The van der Waals surface area contributed by atoms with Gasteiger partial charge in [0.25, 0.3) is 0 Å². The molecule has 0 amide bonds. The molecule has 2 N–H and O–H groups in total. The van der Waals surface area contributed by atoms with E-state index in [1.54, 1.807) is 0 Å². The molecule has 102 valence electrons. The highest BCUT2D eigenvalue weighted by Crippen LogP contribution is 2.18. The number of rotatable bonds is 8. The summed E-state index contributed by atoms with van der Waals surface area (Å²) >= 11 is 2.01. The fourth-order valence-electron chi connectivity index (χ4n) is 2.48. The van der Waals surface area contributed by atoms with Gasteiger partial charge in [-0.15, -0.1) is 0 Å². The van der Waals surface area contributed by atoms with Gasteiger partial charge in [-0.2, -0.15) is 11.8 Å². The molecule has 0 radical (unpaired) electrons. The van der Waals surface area contributed by atoms with Crippen molar-refractivity contribution in [1.82, 2.24) is 4.90 Å². The minimum Gasteiger partial charge on any atom is -0.377 e. The molecular formula is C13H28N2OS. The maximum absolute atomic E-state index is 5.91. The molecule has 0 aromatic rings. The van der Waals surface area contributed by atoms with Crippen LogP contribution in [0.1, 0.15) is 33.1 Å². The first-order valence-corrected chi connectivity index (χ1v) is 8.10. The quantitative estimate of drug-likeness (QED) is 0.677. The van der Waals surface area contributed by atoms with Gasteiger partial charge in [-0.3, -0.25) is 4.90 Å². The molecule has 3 nitrogen and oxygen atoms in total. The second-order valence-corrected chi connectivity index (χ2v) is 5.98. The van der Waals surface area contributed by atoms with Crippen molar-refractivity contribution in [1.29, 1.82) is 0 Å². The summed E-state index contributed by atoms with van der Waals surface area (Å²) in [5.74, 6) is 2.44. The first-order valence-electron chi connectivity index (χ1n) is 6.95. The largest absolute Gasteiger partial charge is 0.377 e. The minimum atomic E-state index is 0.432. The van der Waals surface area contributed by atoms with Crippen LogP contribution in [-0.4, -0.2) is 54.8 Å². The van der Waals surface area contributed by atoms with Crippen LogP contribution in [0.4, 0.5) is 0 Å². The summed E-state index contributed by atoms with van der Waals surface area (Å²) in [5.41, 5.74) is 5.91. The third-order valence-corrected chi connectivity index (χ3v) is 4.33. The van der Waals surface area contributed by atoms with Gasteiger partial charge in [0.2, 0.25) is 0 Å². The van der Waals surface area contributed by atoms with Crippen molar-refractivity contribution in [2.24, 2.45) is 5.73 Å². The second-order valence-electron chi connectivity index (χ2n) is 4.59. The van der Waals surface area contributed by atoms with Crippen LogP contribution >= 0.6 is 11.8 Å². The van der Waals surface area contributed by atoms with Crippen molar-refractivity contribution in [3.8, 4) is 0 Å². The van der Waals surface area contributed by atoms with Crippen LogP contribution in [0.2, 0.25) is 0 Å². The highest BCUT2D eigenvalue weighted by Gasteiger charge is 2.24. The molecule has 0 spiro atoms. The molecule has 0 saturated carbocycles. The van der Waals surface area contributed by atoms with E-state index in [1.807, 2.05) is 11.8 Å². The summed E-state index contributed by atoms with van der Waals surface area (Å²) in [7, 11) is 0. The Hall–Kier alpha value is 0.230. The van der Waals surface area contributed by atoms with Crippen molar-refractivity contribution >= 4 is 11.8 Å². The third kappa shape index (κ3) is 5.60. The topological polar surface area (TPSA) is 38.5 Å². The Balaban J connectivity index is 2.33. The monoisotopic (exact) mass is 260 g/mol. The van der Waals surface area contributed by atoms with E-state index in [0.29, 0.717) is 12.1 Å². The maximum Gasteiger partial charge on any atom is 0.0702 e. The zero-order chi connectivity index (χ0) is 12.5. The fraction of sp³-hybridized carbons (Fsp3) is 1.00. The normalized spacial score (nSPS) is 23.8. The van der Waals surface area contributed by atoms with Crippen LogP contribution in [0.15, 0.2) is 0 Å². The Morgan fingerprint density at radius 3 is 2.94 bits per heavy atom. The molecule has 1 rings (SSSR count). The van der Waals surface area contributed by atoms with Gasteiger partial charge in [0.15, 0.2) is 0 Å². The molecule has 1 heterocycles. The number of nitrogens with zero attached hydrogens (tertiary/aromatic N) is 1. The molecule has 2 atom stereocenters. The number of piperidine rings is 1. The summed E-state index contributed by atoms with van der Waals surface area (Å²) in [5, 5.41) is 0. The smallest absolute Gasteiger partial charge is 0.0702 e. The van der Waals surface area contributed by atoms with E-state index in [-0.39, 0.29) is 0 Å². The summed E-state index contributed by atoms with van der Waals surface area (Å²) in [6.07, 6.45) is 4.11. The van der Waals surface area contributed by atoms with Crippen LogP contribution < -0.4 is 5.73 Å². The Morgan fingerprint density at radius 2 is 2.29 bits per heavy atom. The number of likely N-dealkylation sites (tertiary alicyclic amines) is 1. The molecule has 0 bridgehead atoms. The third-order valence-electron chi connectivity index (χ3n) is 3.40. The Labute approximate surface area is 110 Å². The molecule has 1 aliphatic rings. The number of nitrogens with two attached hydrogens (primary N) is 1. The molecule has 0 aromatic carbocycles. The predicted octanol–water partition coefficient (Wildman–Crippen LogP) is 1.96. The highest BCUT2D eigenvalue weighted by molar-refractivity contribution is 7.99. The first kappa shape index (κ1) is 15.3. The van der Waals surface area contributed by atoms with Gasteiger partial charge in [-0.1, -0.05) is 6.92 Å². The molecule has 1 fully saturated rings.